The number of likely N-dealkylation sites (tertiary alicyclic amines) is 1. The lowest BCUT2D eigenvalue weighted by Crippen LogP contribution is -2.41. The van der Waals surface area contributed by atoms with Gasteiger partial charge >= 0.3 is 0 Å². The van der Waals surface area contributed by atoms with Crippen molar-refractivity contribution >= 4 is 29.5 Å². The van der Waals surface area contributed by atoms with Crippen molar-refractivity contribution in [1.29, 1.82) is 0 Å². The maximum atomic E-state index is 13.0. The number of hydrogen-bond donors (Lipinski definition) is 1. The number of amides is 2. The molecule has 0 spiro atoms. The molecule has 0 aromatic heterocycles. The zero-order valence-corrected chi connectivity index (χ0v) is 12.1. The number of halogens is 2. The van der Waals surface area contributed by atoms with Crippen molar-refractivity contribution in [2.45, 2.75) is 12.8 Å². The van der Waals surface area contributed by atoms with Crippen molar-refractivity contribution in [2.24, 2.45) is 11.7 Å². The molecule has 0 unspecified atom stereocenters. The number of rotatable bonds is 3. The Bertz CT molecular complexity index is 581. The van der Waals surface area contributed by atoms with Crippen LogP contribution in [0, 0.1) is 11.7 Å². The Labute approximate surface area is 127 Å². The molecule has 2 amide bonds. The first-order valence-electron chi connectivity index (χ1n) is 6.68. The van der Waals surface area contributed by atoms with Gasteiger partial charge in [0.25, 0.3) is 0 Å². The molecule has 0 radical (unpaired) electrons. The molecule has 21 heavy (non-hydrogen) atoms. The first kappa shape index (κ1) is 15.5. The van der Waals surface area contributed by atoms with Crippen molar-refractivity contribution in [1.82, 2.24) is 4.90 Å². The third-order valence-electron chi connectivity index (χ3n) is 3.57. The van der Waals surface area contributed by atoms with E-state index in [1.807, 2.05) is 0 Å². The average molecular weight is 311 g/mol. The van der Waals surface area contributed by atoms with E-state index < -0.39 is 5.82 Å². The van der Waals surface area contributed by atoms with Gasteiger partial charge in [-0.1, -0.05) is 17.7 Å². The highest BCUT2D eigenvalue weighted by atomic mass is 35.5. The van der Waals surface area contributed by atoms with E-state index in [0.29, 0.717) is 31.5 Å². The van der Waals surface area contributed by atoms with Gasteiger partial charge < -0.3 is 10.6 Å². The van der Waals surface area contributed by atoms with Crippen LogP contribution in [0.3, 0.4) is 0 Å². The topological polar surface area (TPSA) is 63.4 Å². The zero-order chi connectivity index (χ0) is 15.4. The summed E-state index contributed by atoms with van der Waals surface area (Å²) in [6, 6.07) is 4.26. The van der Waals surface area contributed by atoms with Crippen molar-refractivity contribution in [3.05, 3.63) is 40.7 Å². The minimum Gasteiger partial charge on any atom is -0.369 e. The summed E-state index contributed by atoms with van der Waals surface area (Å²) in [5.41, 5.74) is 5.90. The molecule has 0 aliphatic carbocycles. The molecule has 2 N–H and O–H groups in total. The van der Waals surface area contributed by atoms with Crippen LogP contribution in [0.15, 0.2) is 24.3 Å². The van der Waals surface area contributed by atoms with Crippen LogP contribution in [-0.4, -0.2) is 29.8 Å². The van der Waals surface area contributed by atoms with Crippen LogP contribution in [0.25, 0.3) is 6.08 Å². The van der Waals surface area contributed by atoms with Gasteiger partial charge in [-0.25, -0.2) is 4.39 Å². The van der Waals surface area contributed by atoms with Crippen LogP contribution in [0.4, 0.5) is 4.39 Å². The Hall–Kier alpha value is -1.88. The smallest absolute Gasteiger partial charge is 0.246 e. The summed E-state index contributed by atoms with van der Waals surface area (Å²) in [6.07, 6.45) is 4.20. The molecule has 0 bridgehead atoms. The van der Waals surface area contributed by atoms with Crippen molar-refractivity contribution < 1.29 is 14.0 Å². The van der Waals surface area contributed by atoms with Crippen molar-refractivity contribution in [3.8, 4) is 0 Å². The zero-order valence-electron chi connectivity index (χ0n) is 11.4. The molecule has 0 saturated carbocycles. The Morgan fingerprint density at radius 3 is 2.57 bits per heavy atom. The lowest BCUT2D eigenvalue weighted by Gasteiger charge is -2.29. The monoisotopic (exact) mass is 310 g/mol. The predicted molar refractivity (Wildman–Crippen MR) is 78.9 cm³/mol. The second kappa shape index (κ2) is 6.72. The molecule has 1 aromatic rings. The second-order valence-corrected chi connectivity index (χ2v) is 5.42. The van der Waals surface area contributed by atoms with Gasteiger partial charge in [-0.2, -0.15) is 0 Å². The highest BCUT2D eigenvalue weighted by molar-refractivity contribution is 6.30. The lowest BCUT2D eigenvalue weighted by atomic mass is 9.96. The van der Waals surface area contributed by atoms with E-state index in [-0.39, 0.29) is 22.8 Å². The second-order valence-electron chi connectivity index (χ2n) is 5.01. The van der Waals surface area contributed by atoms with E-state index >= 15 is 0 Å². The molecular formula is C15H16ClFN2O2. The molecule has 0 atom stereocenters. The molecule has 1 aliphatic heterocycles. The maximum absolute atomic E-state index is 13.0. The van der Waals surface area contributed by atoms with Crippen LogP contribution in [0.5, 0.6) is 0 Å². The third-order valence-corrected chi connectivity index (χ3v) is 3.86. The number of piperidine rings is 1. The fourth-order valence-electron chi connectivity index (χ4n) is 2.27. The Morgan fingerprint density at radius 1 is 1.33 bits per heavy atom. The summed E-state index contributed by atoms with van der Waals surface area (Å²) < 4.78 is 13.0. The largest absolute Gasteiger partial charge is 0.369 e. The van der Waals surface area contributed by atoms with Crippen molar-refractivity contribution in [3.63, 3.8) is 0 Å². The average Bonchev–Trinajstić information content (AvgIpc) is 2.48. The number of benzene rings is 1. The molecule has 1 saturated heterocycles. The number of carbonyl (C=O) groups excluding carboxylic acids is 2. The van der Waals surface area contributed by atoms with Gasteiger partial charge in [0.2, 0.25) is 11.8 Å². The molecule has 6 heteroatoms. The van der Waals surface area contributed by atoms with Crippen LogP contribution >= 0.6 is 11.6 Å². The standard InChI is InChI=1S/C15H16ClFN2O2/c16-12-9-10(1-3-13(12)17)2-4-14(20)19-7-5-11(6-8-19)15(18)21/h1-4,9,11H,5-8H2,(H2,18,21)/b4-2+. The molecule has 4 nitrogen and oxygen atoms in total. The lowest BCUT2D eigenvalue weighted by molar-refractivity contribution is -0.130. The van der Waals surface area contributed by atoms with E-state index in [4.69, 9.17) is 17.3 Å². The number of carbonyl (C=O) groups is 2. The molecular weight excluding hydrogens is 295 g/mol. The van der Waals surface area contributed by atoms with E-state index in [1.165, 1.54) is 18.2 Å². The van der Waals surface area contributed by atoms with Crippen LogP contribution < -0.4 is 5.73 Å². The number of nitrogens with zero attached hydrogens (tertiary/aromatic N) is 1. The van der Waals surface area contributed by atoms with Gasteiger partial charge in [0.1, 0.15) is 5.82 Å². The van der Waals surface area contributed by atoms with E-state index in [1.54, 1.807) is 17.0 Å². The molecule has 1 fully saturated rings. The molecule has 1 aliphatic rings. The van der Waals surface area contributed by atoms with Gasteiger partial charge in [-0.3, -0.25) is 9.59 Å². The summed E-state index contributed by atoms with van der Waals surface area (Å²) in [4.78, 5) is 24.7. The van der Waals surface area contributed by atoms with E-state index in [9.17, 15) is 14.0 Å². The minimum absolute atomic E-state index is 0.0203. The van der Waals surface area contributed by atoms with Gasteiger partial charge in [-0.05, 0) is 36.6 Å². The molecule has 2 rings (SSSR count). The first-order valence-corrected chi connectivity index (χ1v) is 7.06. The molecule has 1 heterocycles. The summed E-state index contributed by atoms with van der Waals surface area (Å²) >= 11 is 5.68. The summed E-state index contributed by atoms with van der Waals surface area (Å²) in [6.45, 7) is 1.03. The van der Waals surface area contributed by atoms with Gasteiger partial charge in [0.05, 0.1) is 5.02 Å². The van der Waals surface area contributed by atoms with Crippen LogP contribution in [0.1, 0.15) is 18.4 Å². The van der Waals surface area contributed by atoms with Crippen LogP contribution in [-0.2, 0) is 9.59 Å². The summed E-state index contributed by atoms with van der Waals surface area (Å²) in [7, 11) is 0. The summed E-state index contributed by atoms with van der Waals surface area (Å²) in [5, 5.41) is 0.0203. The highest BCUT2D eigenvalue weighted by Gasteiger charge is 2.24. The predicted octanol–water partition coefficient (Wildman–Crippen LogP) is 2.22. The number of primary amides is 1. The first-order chi connectivity index (χ1) is 9.97. The van der Waals surface area contributed by atoms with E-state index in [2.05, 4.69) is 0 Å². The van der Waals surface area contributed by atoms with Gasteiger partial charge in [0.15, 0.2) is 0 Å². The maximum Gasteiger partial charge on any atom is 0.246 e. The van der Waals surface area contributed by atoms with Gasteiger partial charge in [0, 0.05) is 25.1 Å². The normalized spacial score (nSPS) is 16.4. The molecule has 1 aromatic carbocycles. The highest BCUT2D eigenvalue weighted by Crippen LogP contribution is 2.18. The SMILES string of the molecule is NC(=O)C1CCN(C(=O)/C=C/c2ccc(F)c(Cl)c2)CC1. The Balaban J connectivity index is 1.94. The van der Waals surface area contributed by atoms with Crippen molar-refractivity contribution in [2.75, 3.05) is 13.1 Å². The Morgan fingerprint density at radius 2 is 2.00 bits per heavy atom. The molecule has 112 valence electrons. The summed E-state index contributed by atoms with van der Waals surface area (Å²) in [5.74, 6) is -1.08. The number of hydrogen-bond acceptors (Lipinski definition) is 2. The quantitative estimate of drug-likeness (QED) is 0.870. The fourth-order valence-corrected chi connectivity index (χ4v) is 2.46. The Kier molecular flexibility index (Phi) is 4.96. The van der Waals surface area contributed by atoms with Crippen LogP contribution in [0.2, 0.25) is 5.02 Å². The number of nitrogens with two attached hydrogens (primary N) is 1. The fraction of sp³-hybridized carbons (Fsp3) is 0.333. The minimum atomic E-state index is -0.492. The van der Waals surface area contributed by atoms with E-state index in [0.717, 1.165) is 0 Å². The van der Waals surface area contributed by atoms with Gasteiger partial charge in [-0.15, -0.1) is 0 Å². The third kappa shape index (κ3) is 4.04.